The highest BCUT2D eigenvalue weighted by atomic mass is 35.5. The van der Waals surface area contributed by atoms with Gasteiger partial charge in [-0.05, 0) is 38.1 Å². The lowest BCUT2D eigenvalue weighted by Crippen LogP contribution is -2.32. The molecule has 1 aliphatic heterocycles. The Bertz CT molecular complexity index is 792. The second-order valence-electron chi connectivity index (χ2n) is 6.19. The minimum absolute atomic E-state index is 0.596. The highest BCUT2D eigenvalue weighted by molar-refractivity contribution is 6.30. The van der Waals surface area contributed by atoms with Crippen LogP contribution in [0.3, 0.4) is 0 Å². The number of rotatable bonds is 3. The van der Waals surface area contributed by atoms with E-state index in [-0.39, 0.29) is 0 Å². The minimum Gasteiger partial charge on any atom is -0.348 e. The average molecular weight is 327 g/mol. The third-order valence-corrected chi connectivity index (χ3v) is 5.02. The highest BCUT2D eigenvalue weighted by Gasteiger charge is 2.22. The molecule has 0 spiro atoms. The molecule has 23 heavy (non-hydrogen) atoms. The van der Waals surface area contributed by atoms with Crippen molar-refractivity contribution in [1.29, 1.82) is 0 Å². The fourth-order valence-electron chi connectivity index (χ4n) is 3.38. The van der Waals surface area contributed by atoms with Crippen LogP contribution < -0.4 is 0 Å². The van der Waals surface area contributed by atoms with Gasteiger partial charge in [-0.15, -0.1) is 0 Å². The molecule has 1 aromatic carbocycles. The Kier molecular flexibility index (Phi) is 4.02. The normalized spacial score (nSPS) is 16.9. The summed E-state index contributed by atoms with van der Waals surface area (Å²) in [5.41, 5.74) is 3.33. The first-order valence-corrected chi connectivity index (χ1v) is 8.42. The molecule has 0 radical (unpaired) electrons. The molecule has 3 heterocycles. The maximum Gasteiger partial charge on any atom is 0.134 e. The second kappa shape index (κ2) is 6.30. The summed E-state index contributed by atoms with van der Waals surface area (Å²) in [7, 11) is 0. The number of aromatic nitrogens is 3. The summed E-state index contributed by atoms with van der Waals surface area (Å²) in [6.07, 6.45) is 6.02. The fourth-order valence-corrected chi connectivity index (χ4v) is 3.59. The van der Waals surface area contributed by atoms with Crippen molar-refractivity contribution in [2.24, 2.45) is 0 Å². The molecular weight excluding hydrogens is 308 g/mol. The Hall–Kier alpha value is -1.91. The second-order valence-corrected chi connectivity index (χ2v) is 6.55. The summed E-state index contributed by atoms with van der Waals surface area (Å²) in [6, 6.07) is 10.3. The summed E-state index contributed by atoms with van der Waals surface area (Å²) in [6.45, 7) is 3.02. The van der Waals surface area contributed by atoms with Gasteiger partial charge in [-0.3, -0.25) is 4.90 Å². The number of nitrogens with one attached hydrogen (secondary N) is 1. The summed E-state index contributed by atoms with van der Waals surface area (Å²) in [4.78, 5) is 14.4. The van der Waals surface area contributed by atoms with Gasteiger partial charge in [-0.2, -0.15) is 0 Å². The number of halogens is 1. The lowest BCUT2D eigenvalue weighted by Gasteiger charge is -2.31. The lowest BCUT2D eigenvalue weighted by atomic mass is 9.94. The van der Waals surface area contributed by atoms with Gasteiger partial charge in [0.25, 0.3) is 0 Å². The zero-order valence-electron chi connectivity index (χ0n) is 12.9. The number of nitrogens with zero attached hydrogens (tertiary/aromatic N) is 3. The fraction of sp³-hybridized carbons (Fsp3) is 0.333. The smallest absolute Gasteiger partial charge is 0.134 e. The molecule has 1 fully saturated rings. The summed E-state index contributed by atoms with van der Waals surface area (Å²) in [5.74, 6) is 0.596. The van der Waals surface area contributed by atoms with Crippen molar-refractivity contribution in [1.82, 2.24) is 19.9 Å². The van der Waals surface area contributed by atoms with Crippen LogP contribution in [0.15, 0.2) is 42.9 Å². The number of likely N-dealkylation sites (tertiary alicyclic amines) is 1. The zero-order chi connectivity index (χ0) is 15.6. The maximum atomic E-state index is 6.38. The van der Waals surface area contributed by atoms with Crippen LogP contribution in [0, 0.1) is 0 Å². The van der Waals surface area contributed by atoms with Crippen molar-refractivity contribution in [3.8, 4) is 0 Å². The summed E-state index contributed by atoms with van der Waals surface area (Å²) in [5, 5.41) is 1.78. The number of benzene rings is 1. The Morgan fingerprint density at radius 3 is 2.83 bits per heavy atom. The van der Waals surface area contributed by atoms with E-state index in [4.69, 9.17) is 11.6 Å². The van der Waals surface area contributed by atoms with Crippen LogP contribution in [0.4, 0.5) is 0 Å². The molecule has 3 aromatic rings. The Morgan fingerprint density at radius 1 is 1.22 bits per heavy atom. The van der Waals surface area contributed by atoms with Crippen molar-refractivity contribution in [3.63, 3.8) is 0 Å². The van der Waals surface area contributed by atoms with E-state index >= 15 is 0 Å². The van der Waals surface area contributed by atoms with Crippen LogP contribution in [0.5, 0.6) is 0 Å². The predicted molar refractivity (Wildman–Crippen MR) is 92.6 cm³/mol. The summed E-state index contributed by atoms with van der Waals surface area (Å²) >= 11 is 6.38. The number of piperidine rings is 1. The van der Waals surface area contributed by atoms with E-state index in [0.29, 0.717) is 11.1 Å². The quantitative estimate of drug-likeness (QED) is 0.740. The predicted octanol–water partition coefficient (Wildman–Crippen LogP) is 3.99. The zero-order valence-corrected chi connectivity index (χ0v) is 13.6. The molecule has 1 saturated heterocycles. The number of hydrogen-bond acceptors (Lipinski definition) is 3. The topological polar surface area (TPSA) is 44.8 Å². The molecule has 4 rings (SSSR count). The van der Waals surface area contributed by atoms with Gasteiger partial charge in [0.05, 0.1) is 11.8 Å². The molecule has 0 aliphatic carbocycles. The molecule has 118 valence electrons. The molecule has 0 atom stereocenters. The largest absolute Gasteiger partial charge is 0.348 e. The summed E-state index contributed by atoms with van der Waals surface area (Å²) < 4.78 is 0. The number of para-hydroxylation sites is 1. The minimum atomic E-state index is 0.596. The van der Waals surface area contributed by atoms with Crippen LogP contribution in [0.25, 0.3) is 10.9 Å². The monoisotopic (exact) mass is 326 g/mol. The Morgan fingerprint density at radius 2 is 2.04 bits per heavy atom. The standard InChI is InChI=1S/C18H19ClN4/c19-18-15(9-14-3-1-2-4-16(14)22-18)11-23-7-5-13(6-8-23)17-10-20-12-21-17/h1-4,9-10,12-13H,5-8,11H2,(H,20,21). The SMILES string of the molecule is Clc1nc2ccccc2cc1CN1CCC(c2cnc[nH]2)CC1. The third-order valence-electron chi connectivity index (χ3n) is 4.69. The van der Waals surface area contributed by atoms with E-state index in [1.807, 2.05) is 24.4 Å². The van der Waals surface area contributed by atoms with E-state index in [2.05, 4.69) is 32.0 Å². The van der Waals surface area contributed by atoms with Crippen LogP contribution in [0.2, 0.25) is 5.15 Å². The van der Waals surface area contributed by atoms with E-state index in [1.165, 1.54) is 5.69 Å². The molecule has 0 bridgehead atoms. The third kappa shape index (κ3) is 3.09. The molecule has 1 N–H and O–H groups in total. The van der Waals surface area contributed by atoms with Crippen LogP contribution in [-0.4, -0.2) is 32.9 Å². The van der Waals surface area contributed by atoms with E-state index in [9.17, 15) is 0 Å². The molecular formula is C18H19ClN4. The number of fused-ring (bicyclic) bond motifs is 1. The van der Waals surface area contributed by atoms with Gasteiger partial charge in [0.15, 0.2) is 0 Å². The first-order chi connectivity index (χ1) is 11.3. The first-order valence-electron chi connectivity index (χ1n) is 8.04. The van der Waals surface area contributed by atoms with Crippen molar-refractivity contribution in [2.75, 3.05) is 13.1 Å². The Balaban J connectivity index is 1.46. The van der Waals surface area contributed by atoms with Gasteiger partial charge in [0, 0.05) is 35.3 Å². The number of aromatic amines is 1. The van der Waals surface area contributed by atoms with Crippen molar-refractivity contribution < 1.29 is 0 Å². The highest BCUT2D eigenvalue weighted by Crippen LogP contribution is 2.28. The molecule has 0 unspecified atom stereocenters. The van der Waals surface area contributed by atoms with Crippen LogP contribution in [0.1, 0.15) is 30.0 Å². The van der Waals surface area contributed by atoms with Gasteiger partial charge in [0.2, 0.25) is 0 Å². The first kappa shape index (κ1) is 14.7. The van der Waals surface area contributed by atoms with Gasteiger partial charge < -0.3 is 4.98 Å². The molecule has 4 nitrogen and oxygen atoms in total. The molecule has 2 aromatic heterocycles. The lowest BCUT2D eigenvalue weighted by molar-refractivity contribution is 0.203. The number of hydrogen-bond donors (Lipinski definition) is 1. The van der Waals surface area contributed by atoms with Crippen molar-refractivity contribution in [3.05, 3.63) is 59.3 Å². The van der Waals surface area contributed by atoms with Crippen LogP contribution in [-0.2, 0) is 6.54 Å². The van der Waals surface area contributed by atoms with Gasteiger partial charge in [0.1, 0.15) is 5.15 Å². The Labute approximate surface area is 140 Å². The van der Waals surface area contributed by atoms with Crippen molar-refractivity contribution in [2.45, 2.75) is 25.3 Å². The molecule has 0 saturated carbocycles. The van der Waals surface area contributed by atoms with Gasteiger partial charge in [-0.1, -0.05) is 29.8 Å². The van der Waals surface area contributed by atoms with E-state index < -0.39 is 0 Å². The maximum absolute atomic E-state index is 6.38. The average Bonchev–Trinajstić information content (AvgIpc) is 3.11. The number of imidazole rings is 1. The van der Waals surface area contributed by atoms with Crippen molar-refractivity contribution >= 4 is 22.5 Å². The molecule has 5 heteroatoms. The van der Waals surface area contributed by atoms with Crippen LogP contribution >= 0.6 is 11.6 Å². The number of pyridine rings is 1. The van der Waals surface area contributed by atoms with Gasteiger partial charge >= 0.3 is 0 Å². The van der Waals surface area contributed by atoms with E-state index in [1.54, 1.807) is 6.33 Å². The number of H-pyrrole nitrogens is 1. The van der Waals surface area contributed by atoms with E-state index in [0.717, 1.165) is 48.9 Å². The molecule has 0 amide bonds. The molecule has 1 aliphatic rings. The van der Waals surface area contributed by atoms with Gasteiger partial charge in [-0.25, -0.2) is 9.97 Å².